The van der Waals surface area contributed by atoms with E-state index in [1.807, 2.05) is 18.2 Å². The molecule has 3 nitrogen and oxygen atoms in total. The molecular formula is C16H24Br2N2O. The van der Waals surface area contributed by atoms with E-state index < -0.39 is 0 Å². The third-order valence-corrected chi connectivity index (χ3v) is 4.85. The maximum atomic E-state index is 12.1. The Hall–Kier alpha value is -0.390. The standard InChI is InChI=1S/C16H24Br2N2O/c1-16(2,3)11(8-9-19)4-7-15(21)20-14-10-12(17)5-6-13(14)18/h5-6,10-11H,4,7-9,19H2,1-3H3,(H,20,21). The van der Waals surface area contributed by atoms with Gasteiger partial charge in [-0.1, -0.05) is 36.7 Å². The van der Waals surface area contributed by atoms with Crippen molar-refractivity contribution < 1.29 is 4.79 Å². The first kappa shape index (κ1) is 18.7. The van der Waals surface area contributed by atoms with Crippen LogP contribution in [0.5, 0.6) is 0 Å². The SMILES string of the molecule is CC(C)(C)C(CCN)CCC(=O)Nc1cc(Br)ccc1Br. The van der Waals surface area contributed by atoms with Gasteiger partial charge in [-0.15, -0.1) is 0 Å². The van der Waals surface area contributed by atoms with Crippen molar-refractivity contribution in [2.24, 2.45) is 17.1 Å². The summed E-state index contributed by atoms with van der Waals surface area (Å²) < 4.78 is 1.82. The van der Waals surface area contributed by atoms with Crippen LogP contribution in [0.2, 0.25) is 0 Å². The monoisotopic (exact) mass is 418 g/mol. The van der Waals surface area contributed by atoms with Crippen LogP contribution in [0.4, 0.5) is 5.69 Å². The van der Waals surface area contributed by atoms with E-state index in [0.29, 0.717) is 18.9 Å². The van der Waals surface area contributed by atoms with Gasteiger partial charge in [-0.2, -0.15) is 0 Å². The predicted octanol–water partition coefficient (Wildman–Crippen LogP) is 4.94. The molecule has 0 aliphatic rings. The van der Waals surface area contributed by atoms with E-state index in [-0.39, 0.29) is 11.3 Å². The zero-order valence-corrected chi connectivity index (χ0v) is 16.1. The minimum Gasteiger partial charge on any atom is -0.330 e. The lowest BCUT2D eigenvalue weighted by Gasteiger charge is -2.30. The molecule has 0 bridgehead atoms. The average Bonchev–Trinajstić information content (AvgIpc) is 2.37. The van der Waals surface area contributed by atoms with E-state index in [0.717, 1.165) is 27.5 Å². The van der Waals surface area contributed by atoms with Crippen molar-refractivity contribution in [2.75, 3.05) is 11.9 Å². The van der Waals surface area contributed by atoms with Gasteiger partial charge in [0.1, 0.15) is 0 Å². The largest absolute Gasteiger partial charge is 0.330 e. The van der Waals surface area contributed by atoms with E-state index >= 15 is 0 Å². The molecule has 3 N–H and O–H groups in total. The van der Waals surface area contributed by atoms with Crippen LogP contribution in [-0.4, -0.2) is 12.5 Å². The minimum atomic E-state index is 0.0417. The van der Waals surface area contributed by atoms with E-state index in [4.69, 9.17) is 5.73 Å². The highest BCUT2D eigenvalue weighted by molar-refractivity contribution is 9.11. The van der Waals surface area contributed by atoms with Gasteiger partial charge in [0.05, 0.1) is 5.69 Å². The van der Waals surface area contributed by atoms with E-state index in [2.05, 4.69) is 57.9 Å². The molecule has 1 amide bonds. The molecule has 1 rings (SSSR count). The normalized spacial score (nSPS) is 13.0. The fourth-order valence-corrected chi connectivity index (χ4v) is 3.03. The van der Waals surface area contributed by atoms with Crippen LogP contribution in [0.3, 0.4) is 0 Å². The Labute approximate surface area is 144 Å². The summed E-state index contributed by atoms with van der Waals surface area (Å²) in [6, 6.07) is 5.73. The molecule has 1 atom stereocenters. The van der Waals surface area contributed by atoms with Gasteiger partial charge < -0.3 is 11.1 Å². The number of benzene rings is 1. The summed E-state index contributed by atoms with van der Waals surface area (Å²) in [6.07, 6.45) is 2.33. The minimum absolute atomic E-state index is 0.0417. The van der Waals surface area contributed by atoms with Gasteiger partial charge in [0.25, 0.3) is 0 Å². The molecule has 0 aliphatic heterocycles. The fraction of sp³-hybridized carbons (Fsp3) is 0.562. The fourth-order valence-electron chi connectivity index (χ4n) is 2.32. The molecule has 0 saturated carbocycles. The summed E-state index contributed by atoms with van der Waals surface area (Å²) in [4.78, 5) is 12.1. The molecule has 0 aliphatic carbocycles. The summed E-state index contributed by atoms with van der Waals surface area (Å²) in [5.41, 5.74) is 6.65. The Kier molecular flexibility index (Phi) is 7.37. The van der Waals surface area contributed by atoms with Gasteiger partial charge >= 0.3 is 0 Å². The highest BCUT2D eigenvalue weighted by Crippen LogP contribution is 2.32. The van der Waals surface area contributed by atoms with Gasteiger partial charge in [0.2, 0.25) is 5.91 Å². The molecule has 5 heteroatoms. The van der Waals surface area contributed by atoms with E-state index in [9.17, 15) is 4.79 Å². The Morgan fingerprint density at radius 2 is 1.95 bits per heavy atom. The lowest BCUT2D eigenvalue weighted by molar-refractivity contribution is -0.116. The molecule has 0 heterocycles. The van der Waals surface area contributed by atoms with Gasteiger partial charge in [-0.3, -0.25) is 4.79 Å². The van der Waals surface area contributed by atoms with Gasteiger partial charge in [0, 0.05) is 15.4 Å². The molecule has 1 unspecified atom stereocenters. The lowest BCUT2D eigenvalue weighted by atomic mass is 9.76. The molecule has 0 fully saturated rings. The quantitative estimate of drug-likeness (QED) is 0.685. The number of halogens is 2. The number of carbonyl (C=O) groups is 1. The summed E-state index contributed by atoms with van der Waals surface area (Å²) in [6.45, 7) is 7.28. The highest BCUT2D eigenvalue weighted by Gasteiger charge is 2.24. The number of rotatable bonds is 6. The molecule has 21 heavy (non-hydrogen) atoms. The average molecular weight is 420 g/mol. The zero-order chi connectivity index (χ0) is 16.0. The Balaban J connectivity index is 2.59. The first-order valence-corrected chi connectivity index (χ1v) is 8.77. The van der Waals surface area contributed by atoms with Crippen molar-refractivity contribution in [3.05, 3.63) is 27.1 Å². The number of carbonyl (C=O) groups excluding carboxylic acids is 1. The first-order valence-electron chi connectivity index (χ1n) is 7.19. The Bertz CT molecular complexity index is 484. The van der Waals surface area contributed by atoms with Gasteiger partial charge in [-0.25, -0.2) is 0 Å². The lowest BCUT2D eigenvalue weighted by Crippen LogP contribution is -2.25. The summed E-state index contributed by atoms with van der Waals surface area (Å²) in [7, 11) is 0. The second-order valence-electron chi connectivity index (χ2n) is 6.35. The molecule has 0 aromatic heterocycles. The zero-order valence-electron chi connectivity index (χ0n) is 12.9. The molecule has 0 spiro atoms. The topological polar surface area (TPSA) is 55.1 Å². The van der Waals surface area contributed by atoms with Crippen LogP contribution in [0.15, 0.2) is 27.1 Å². The number of amides is 1. The van der Waals surface area contributed by atoms with Crippen molar-refractivity contribution in [3.63, 3.8) is 0 Å². The van der Waals surface area contributed by atoms with Crippen LogP contribution < -0.4 is 11.1 Å². The molecule has 1 aromatic carbocycles. The van der Waals surface area contributed by atoms with Crippen LogP contribution in [0.1, 0.15) is 40.0 Å². The van der Waals surface area contributed by atoms with Gasteiger partial charge in [-0.05, 0) is 64.8 Å². The first-order chi connectivity index (χ1) is 9.74. The third kappa shape index (κ3) is 6.49. The van der Waals surface area contributed by atoms with Crippen LogP contribution in [-0.2, 0) is 4.79 Å². The number of anilines is 1. The van der Waals surface area contributed by atoms with Crippen molar-refractivity contribution in [3.8, 4) is 0 Å². The second-order valence-corrected chi connectivity index (χ2v) is 8.12. The van der Waals surface area contributed by atoms with Gasteiger partial charge in [0.15, 0.2) is 0 Å². The number of nitrogens with one attached hydrogen (secondary N) is 1. The van der Waals surface area contributed by atoms with Crippen LogP contribution in [0.25, 0.3) is 0 Å². The van der Waals surface area contributed by atoms with Crippen molar-refractivity contribution in [2.45, 2.75) is 40.0 Å². The number of hydrogen-bond donors (Lipinski definition) is 2. The molecule has 118 valence electrons. The maximum Gasteiger partial charge on any atom is 0.224 e. The summed E-state index contributed by atoms with van der Waals surface area (Å²) >= 11 is 6.85. The van der Waals surface area contributed by atoms with E-state index in [1.54, 1.807) is 0 Å². The van der Waals surface area contributed by atoms with Crippen LogP contribution in [0, 0.1) is 11.3 Å². The third-order valence-electron chi connectivity index (χ3n) is 3.66. The van der Waals surface area contributed by atoms with Crippen molar-refractivity contribution in [1.82, 2.24) is 0 Å². The smallest absolute Gasteiger partial charge is 0.224 e. The molecule has 0 saturated heterocycles. The highest BCUT2D eigenvalue weighted by atomic mass is 79.9. The van der Waals surface area contributed by atoms with Crippen LogP contribution >= 0.6 is 31.9 Å². The molecule has 0 radical (unpaired) electrons. The van der Waals surface area contributed by atoms with Crippen molar-refractivity contribution in [1.29, 1.82) is 0 Å². The Morgan fingerprint density at radius 1 is 1.29 bits per heavy atom. The summed E-state index contributed by atoms with van der Waals surface area (Å²) in [5, 5.41) is 2.95. The number of hydrogen-bond acceptors (Lipinski definition) is 2. The maximum absolute atomic E-state index is 12.1. The number of nitrogens with two attached hydrogens (primary N) is 1. The van der Waals surface area contributed by atoms with Crippen molar-refractivity contribution >= 4 is 43.5 Å². The summed E-state index contributed by atoms with van der Waals surface area (Å²) in [5.74, 6) is 0.499. The molecular weight excluding hydrogens is 396 g/mol. The second kappa shape index (κ2) is 8.30. The predicted molar refractivity (Wildman–Crippen MR) is 96.3 cm³/mol. The van der Waals surface area contributed by atoms with E-state index in [1.165, 1.54) is 0 Å². The molecule has 1 aromatic rings. The Morgan fingerprint density at radius 3 is 2.52 bits per heavy atom.